The average molecular weight is 277 g/mol. The number of carbonyl (C=O) groups is 2. The lowest BCUT2D eigenvalue weighted by molar-refractivity contribution is -0.138. The van der Waals surface area contributed by atoms with Crippen molar-refractivity contribution in [1.29, 1.82) is 0 Å². The highest BCUT2D eigenvalue weighted by Crippen LogP contribution is 2.12. The minimum absolute atomic E-state index is 0.105. The number of aliphatic carboxylic acids is 1. The number of nitrogens with zero attached hydrogens (tertiary/aromatic N) is 1. The molecule has 0 aliphatic rings. The summed E-state index contributed by atoms with van der Waals surface area (Å²) in [6.07, 6.45) is 1.25. The van der Waals surface area contributed by atoms with E-state index in [1.807, 2.05) is 30.3 Å². The van der Waals surface area contributed by atoms with Gasteiger partial charge in [-0.25, -0.2) is 4.79 Å². The summed E-state index contributed by atoms with van der Waals surface area (Å²) in [5.41, 5.74) is 0.974. The van der Waals surface area contributed by atoms with Crippen LogP contribution >= 0.6 is 0 Å². The number of ether oxygens (including phenoxy) is 1. The van der Waals surface area contributed by atoms with Crippen LogP contribution in [0.25, 0.3) is 0 Å². The third kappa shape index (κ3) is 5.14. The number of rotatable bonds is 7. The quantitative estimate of drug-likeness (QED) is 0.777. The molecule has 0 aromatic heterocycles. The highest BCUT2D eigenvalue weighted by Gasteiger charge is 2.23. The van der Waals surface area contributed by atoms with Gasteiger partial charge in [0.2, 0.25) is 0 Å². The van der Waals surface area contributed by atoms with Crippen LogP contribution in [-0.2, 0) is 16.0 Å². The summed E-state index contributed by atoms with van der Waals surface area (Å²) in [5.74, 6) is -0.950. The summed E-state index contributed by atoms with van der Waals surface area (Å²) in [5, 5.41) is 8.97. The molecule has 0 bridgehead atoms. The van der Waals surface area contributed by atoms with Crippen molar-refractivity contribution < 1.29 is 19.4 Å². The Balaban J connectivity index is 2.75. The summed E-state index contributed by atoms with van der Waals surface area (Å²) in [6, 6.07) is 8.99. The molecule has 0 aliphatic heterocycles. The van der Waals surface area contributed by atoms with Gasteiger partial charge in [0.15, 0.2) is 0 Å². The van der Waals surface area contributed by atoms with Crippen molar-refractivity contribution in [2.24, 2.45) is 0 Å². The van der Waals surface area contributed by atoms with E-state index in [1.165, 1.54) is 11.0 Å². The first-order valence-corrected chi connectivity index (χ1v) is 6.30. The molecule has 1 atom stereocenters. The van der Waals surface area contributed by atoms with Crippen molar-refractivity contribution in [2.45, 2.75) is 18.9 Å². The molecular weight excluding hydrogens is 258 g/mol. The van der Waals surface area contributed by atoms with E-state index in [4.69, 9.17) is 9.84 Å². The molecule has 1 amide bonds. The molecule has 5 heteroatoms. The Morgan fingerprint density at radius 3 is 2.60 bits per heavy atom. The van der Waals surface area contributed by atoms with E-state index >= 15 is 0 Å². The highest BCUT2D eigenvalue weighted by atomic mass is 16.6. The molecule has 1 aromatic carbocycles. The predicted octanol–water partition coefficient (Wildman–Crippen LogP) is 2.33. The topological polar surface area (TPSA) is 66.8 Å². The molecule has 108 valence electrons. The van der Waals surface area contributed by atoms with Gasteiger partial charge in [0.05, 0.1) is 6.42 Å². The monoisotopic (exact) mass is 277 g/mol. The molecule has 1 aromatic rings. The second-order valence-electron chi connectivity index (χ2n) is 4.42. The SMILES string of the molecule is C=CCOC(=O)N(C)[C@H](CC(=O)O)Cc1ccccc1. The van der Waals surface area contributed by atoms with Gasteiger partial charge in [-0.3, -0.25) is 4.79 Å². The molecule has 0 saturated carbocycles. The number of likely N-dealkylation sites (N-methyl/N-ethyl adjacent to an activating group) is 1. The summed E-state index contributed by atoms with van der Waals surface area (Å²) >= 11 is 0. The van der Waals surface area contributed by atoms with Crippen LogP contribution in [0.3, 0.4) is 0 Å². The van der Waals surface area contributed by atoms with Gasteiger partial charge in [-0.1, -0.05) is 43.0 Å². The van der Waals surface area contributed by atoms with E-state index in [-0.39, 0.29) is 13.0 Å². The van der Waals surface area contributed by atoms with Crippen LogP contribution in [0.2, 0.25) is 0 Å². The Kier molecular flexibility index (Phi) is 6.29. The summed E-state index contributed by atoms with van der Waals surface area (Å²) in [7, 11) is 1.54. The van der Waals surface area contributed by atoms with Crippen molar-refractivity contribution in [3.05, 3.63) is 48.6 Å². The summed E-state index contributed by atoms with van der Waals surface area (Å²) in [4.78, 5) is 24.0. The Morgan fingerprint density at radius 1 is 1.40 bits per heavy atom. The minimum atomic E-state index is -0.950. The Labute approximate surface area is 118 Å². The molecule has 1 N–H and O–H groups in total. The van der Waals surface area contributed by atoms with Crippen LogP contribution in [0, 0.1) is 0 Å². The first-order valence-electron chi connectivity index (χ1n) is 6.30. The molecule has 5 nitrogen and oxygen atoms in total. The molecule has 0 fully saturated rings. The third-order valence-corrected chi connectivity index (χ3v) is 2.88. The molecule has 1 rings (SSSR count). The fourth-order valence-corrected chi connectivity index (χ4v) is 1.81. The van der Waals surface area contributed by atoms with Gasteiger partial charge in [-0.2, -0.15) is 0 Å². The minimum Gasteiger partial charge on any atom is -0.481 e. The molecule has 20 heavy (non-hydrogen) atoms. The molecule has 0 unspecified atom stereocenters. The third-order valence-electron chi connectivity index (χ3n) is 2.88. The van der Waals surface area contributed by atoms with Crippen LogP contribution < -0.4 is 0 Å². The smallest absolute Gasteiger partial charge is 0.410 e. The van der Waals surface area contributed by atoms with E-state index in [0.29, 0.717) is 6.42 Å². The Hall–Kier alpha value is -2.30. The van der Waals surface area contributed by atoms with Gasteiger partial charge in [0.1, 0.15) is 6.61 Å². The van der Waals surface area contributed by atoms with Crippen LogP contribution in [0.4, 0.5) is 4.79 Å². The van der Waals surface area contributed by atoms with Crippen molar-refractivity contribution in [3.8, 4) is 0 Å². The van der Waals surface area contributed by atoms with E-state index in [0.717, 1.165) is 5.56 Å². The average Bonchev–Trinajstić information content (AvgIpc) is 2.44. The lowest BCUT2D eigenvalue weighted by atomic mass is 10.0. The fraction of sp³-hybridized carbons (Fsp3) is 0.333. The zero-order valence-corrected chi connectivity index (χ0v) is 11.5. The second-order valence-corrected chi connectivity index (χ2v) is 4.42. The van der Waals surface area contributed by atoms with Gasteiger partial charge in [-0.15, -0.1) is 0 Å². The number of hydrogen-bond donors (Lipinski definition) is 1. The molecule has 0 aliphatic carbocycles. The van der Waals surface area contributed by atoms with Crippen LogP contribution in [0.5, 0.6) is 0 Å². The molecule has 0 saturated heterocycles. The zero-order valence-electron chi connectivity index (χ0n) is 11.5. The van der Waals surface area contributed by atoms with Gasteiger partial charge in [0, 0.05) is 13.1 Å². The van der Waals surface area contributed by atoms with Crippen molar-refractivity contribution in [3.63, 3.8) is 0 Å². The van der Waals surface area contributed by atoms with Crippen molar-refractivity contribution in [2.75, 3.05) is 13.7 Å². The summed E-state index contributed by atoms with van der Waals surface area (Å²) < 4.78 is 4.93. The largest absolute Gasteiger partial charge is 0.481 e. The van der Waals surface area contributed by atoms with E-state index in [1.54, 1.807) is 7.05 Å². The number of carbonyl (C=O) groups excluding carboxylic acids is 1. The maximum absolute atomic E-state index is 11.8. The summed E-state index contributed by atoms with van der Waals surface area (Å²) in [6.45, 7) is 3.57. The molecule has 0 heterocycles. The standard InChI is InChI=1S/C15H19NO4/c1-3-9-20-15(19)16(2)13(11-14(17)18)10-12-7-5-4-6-8-12/h3-8,13H,1,9-11H2,2H3,(H,17,18)/t13-/m0/s1. The van der Waals surface area contributed by atoms with Gasteiger partial charge in [-0.05, 0) is 12.0 Å². The molecule has 0 radical (unpaired) electrons. The van der Waals surface area contributed by atoms with Crippen molar-refractivity contribution >= 4 is 12.1 Å². The fourth-order valence-electron chi connectivity index (χ4n) is 1.81. The van der Waals surface area contributed by atoms with E-state index < -0.39 is 18.1 Å². The lowest BCUT2D eigenvalue weighted by Crippen LogP contribution is -2.40. The first-order chi connectivity index (χ1) is 9.54. The van der Waals surface area contributed by atoms with E-state index in [9.17, 15) is 9.59 Å². The van der Waals surface area contributed by atoms with Crippen LogP contribution in [0.15, 0.2) is 43.0 Å². The zero-order chi connectivity index (χ0) is 15.0. The predicted molar refractivity (Wildman–Crippen MR) is 75.5 cm³/mol. The van der Waals surface area contributed by atoms with Gasteiger partial charge >= 0.3 is 12.1 Å². The van der Waals surface area contributed by atoms with E-state index in [2.05, 4.69) is 6.58 Å². The maximum Gasteiger partial charge on any atom is 0.410 e. The highest BCUT2D eigenvalue weighted by molar-refractivity contribution is 5.71. The van der Waals surface area contributed by atoms with Crippen LogP contribution in [0.1, 0.15) is 12.0 Å². The maximum atomic E-state index is 11.8. The van der Waals surface area contributed by atoms with Crippen molar-refractivity contribution in [1.82, 2.24) is 4.90 Å². The molecular formula is C15H19NO4. The van der Waals surface area contributed by atoms with Gasteiger partial charge in [0.25, 0.3) is 0 Å². The molecule has 0 spiro atoms. The number of benzene rings is 1. The van der Waals surface area contributed by atoms with Gasteiger partial charge < -0.3 is 14.7 Å². The lowest BCUT2D eigenvalue weighted by Gasteiger charge is -2.26. The number of carboxylic acids is 1. The number of carboxylic acid groups (broad SMARTS) is 1. The number of hydrogen-bond acceptors (Lipinski definition) is 3. The Morgan fingerprint density at radius 2 is 2.05 bits per heavy atom. The normalized spacial score (nSPS) is 11.4. The second kappa shape index (κ2) is 7.99. The number of amides is 1. The van der Waals surface area contributed by atoms with Crippen LogP contribution in [-0.4, -0.2) is 41.8 Å². The Bertz CT molecular complexity index is 458. The first kappa shape index (κ1) is 15.8.